The van der Waals surface area contributed by atoms with E-state index in [2.05, 4.69) is 5.92 Å². The summed E-state index contributed by atoms with van der Waals surface area (Å²) in [5.41, 5.74) is -0.696. The molecule has 0 aromatic carbocycles. The van der Waals surface area contributed by atoms with E-state index in [9.17, 15) is 19.2 Å². The first kappa shape index (κ1) is 26.0. The van der Waals surface area contributed by atoms with Crippen LogP contribution in [0.25, 0.3) is 0 Å². The lowest BCUT2D eigenvalue weighted by Crippen LogP contribution is -2.38. The molecule has 0 aromatic rings. The molecule has 0 saturated carbocycles. The van der Waals surface area contributed by atoms with Crippen LogP contribution in [0, 0.1) is 12.3 Å². The monoisotopic (exact) mass is 411 g/mol. The zero-order valence-corrected chi connectivity index (χ0v) is 17.7. The molecule has 0 spiro atoms. The normalized spacial score (nSPS) is 13.0. The Labute approximate surface area is 171 Å². The van der Waals surface area contributed by atoms with Crippen LogP contribution >= 0.6 is 0 Å². The van der Waals surface area contributed by atoms with Gasteiger partial charge in [0.05, 0.1) is 6.54 Å². The summed E-state index contributed by atoms with van der Waals surface area (Å²) >= 11 is 0. The van der Waals surface area contributed by atoms with E-state index >= 15 is 0 Å². The second-order valence-electron chi connectivity index (χ2n) is 7.02. The topological polar surface area (TPSA) is 108 Å². The Balaban J connectivity index is 5.37. The molecule has 162 valence electrons. The fraction of sp³-hybridized carbons (Fsp3) is 0.600. The van der Waals surface area contributed by atoms with Crippen LogP contribution < -0.4 is 0 Å². The van der Waals surface area contributed by atoms with Crippen molar-refractivity contribution in [3.8, 4) is 12.3 Å². The van der Waals surface area contributed by atoms with Gasteiger partial charge < -0.3 is 18.9 Å². The number of hydrogen-bond donors (Lipinski definition) is 0. The molecule has 29 heavy (non-hydrogen) atoms. The van der Waals surface area contributed by atoms with Crippen molar-refractivity contribution in [2.75, 3.05) is 19.7 Å². The molecule has 0 aliphatic heterocycles. The first-order valence-electron chi connectivity index (χ1n) is 8.91. The van der Waals surface area contributed by atoms with Gasteiger partial charge in [-0.1, -0.05) is 12.0 Å². The van der Waals surface area contributed by atoms with Gasteiger partial charge in [0.25, 0.3) is 0 Å². The summed E-state index contributed by atoms with van der Waals surface area (Å²) in [5, 5.41) is 0. The van der Waals surface area contributed by atoms with Crippen LogP contribution in [0.15, 0.2) is 12.2 Å². The van der Waals surface area contributed by atoms with Crippen molar-refractivity contribution in [3.63, 3.8) is 0 Å². The fourth-order valence-electron chi connectivity index (χ4n) is 2.00. The summed E-state index contributed by atoms with van der Waals surface area (Å²) in [6.45, 7) is 8.47. The van der Waals surface area contributed by atoms with E-state index in [0.29, 0.717) is 0 Å². The number of terminal acetylenes is 1. The second kappa shape index (κ2) is 12.4. The quantitative estimate of drug-likeness (QED) is 0.245. The number of rotatable bonds is 9. The van der Waals surface area contributed by atoms with Gasteiger partial charge in [-0.3, -0.25) is 19.3 Å². The van der Waals surface area contributed by atoms with E-state index in [0.717, 1.165) is 0 Å². The van der Waals surface area contributed by atoms with Crippen molar-refractivity contribution in [2.45, 2.75) is 59.4 Å². The van der Waals surface area contributed by atoms with Gasteiger partial charge in [0, 0.05) is 27.3 Å². The predicted molar refractivity (Wildman–Crippen MR) is 104 cm³/mol. The molecule has 0 fully saturated rings. The van der Waals surface area contributed by atoms with E-state index in [1.807, 2.05) is 0 Å². The summed E-state index contributed by atoms with van der Waals surface area (Å²) in [7, 11) is 0. The number of carbonyl (C=O) groups excluding carboxylic acids is 4. The number of nitrogens with zero attached hydrogens (tertiary/aromatic N) is 1. The Bertz CT molecular complexity index is 656. The molecule has 0 saturated heterocycles. The van der Waals surface area contributed by atoms with Gasteiger partial charge in [-0.25, -0.2) is 4.79 Å². The first-order valence-corrected chi connectivity index (χ1v) is 8.91. The number of esters is 3. The standard InChI is InChI=1S/C20H29NO8/c1-8-11-21(19(25)29-20(5,6)7)12-9-10-17(27-15(3)23)18(28-16(4)24)13-26-14(2)22/h1,9-10,17-18H,11-13H2,2-7H3/b10-9+/t17-,18+/m0/s1. The molecule has 2 atom stereocenters. The second-order valence-corrected chi connectivity index (χ2v) is 7.02. The van der Waals surface area contributed by atoms with Crippen molar-refractivity contribution < 1.29 is 38.1 Å². The van der Waals surface area contributed by atoms with Crippen LogP contribution in [0.2, 0.25) is 0 Å². The average Bonchev–Trinajstić information content (AvgIpc) is 2.54. The molecule has 0 rings (SSSR count). The molecule has 0 radical (unpaired) electrons. The number of carbonyl (C=O) groups is 4. The van der Waals surface area contributed by atoms with Crippen LogP contribution in [-0.2, 0) is 33.3 Å². The van der Waals surface area contributed by atoms with E-state index in [4.69, 9.17) is 25.4 Å². The number of amides is 1. The lowest BCUT2D eigenvalue weighted by Gasteiger charge is -2.26. The maximum atomic E-state index is 12.2. The summed E-state index contributed by atoms with van der Waals surface area (Å²) in [5.74, 6) is 0.505. The molecule has 0 bridgehead atoms. The summed E-state index contributed by atoms with van der Waals surface area (Å²) in [6, 6.07) is 0. The van der Waals surface area contributed by atoms with Gasteiger partial charge in [0.1, 0.15) is 12.2 Å². The van der Waals surface area contributed by atoms with Crippen LogP contribution in [0.3, 0.4) is 0 Å². The minimum Gasteiger partial charge on any atom is -0.462 e. The Morgan fingerprint density at radius 2 is 1.62 bits per heavy atom. The van der Waals surface area contributed by atoms with Gasteiger partial charge in [-0.15, -0.1) is 6.42 Å². The molecule has 0 aliphatic rings. The van der Waals surface area contributed by atoms with Crippen LogP contribution in [0.4, 0.5) is 4.79 Å². The zero-order chi connectivity index (χ0) is 22.6. The predicted octanol–water partition coefficient (Wildman–Crippen LogP) is 1.84. The molecule has 0 heterocycles. The fourth-order valence-corrected chi connectivity index (χ4v) is 2.00. The Morgan fingerprint density at radius 3 is 2.07 bits per heavy atom. The molecule has 1 amide bonds. The molecular formula is C20H29NO8. The van der Waals surface area contributed by atoms with Crippen LogP contribution in [0.1, 0.15) is 41.5 Å². The zero-order valence-electron chi connectivity index (χ0n) is 17.7. The highest BCUT2D eigenvalue weighted by Gasteiger charge is 2.27. The van der Waals surface area contributed by atoms with Gasteiger partial charge >= 0.3 is 24.0 Å². The van der Waals surface area contributed by atoms with Crippen LogP contribution in [0.5, 0.6) is 0 Å². The summed E-state index contributed by atoms with van der Waals surface area (Å²) in [6.07, 6.45) is 5.53. The lowest BCUT2D eigenvalue weighted by molar-refractivity contribution is -0.169. The first-order chi connectivity index (χ1) is 13.4. The molecule has 0 N–H and O–H groups in total. The van der Waals surface area contributed by atoms with Crippen molar-refractivity contribution in [1.82, 2.24) is 4.90 Å². The summed E-state index contributed by atoms with van der Waals surface area (Å²) in [4.78, 5) is 47.4. The largest absolute Gasteiger partial charge is 0.462 e. The third-order valence-corrected chi connectivity index (χ3v) is 3.02. The molecule has 9 heteroatoms. The number of hydrogen-bond acceptors (Lipinski definition) is 8. The van der Waals surface area contributed by atoms with Gasteiger partial charge in [0.2, 0.25) is 0 Å². The van der Waals surface area contributed by atoms with Crippen LogP contribution in [-0.4, -0.2) is 66.4 Å². The third-order valence-electron chi connectivity index (χ3n) is 3.02. The minimum atomic E-state index is -1.06. The Hall–Kier alpha value is -3.02. The lowest BCUT2D eigenvalue weighted by atomic mass is 10.2. The van der Waals surface area contributed by atoms with Crippen molar-refractivity contribution >= 4 is 24.0 Å². The van der Waals surface area contributed by atoms with Crippen molar-refractivity contribution in [3.05, 3.63) is 12.2 Å². The average molecular weight is 411 g/mol. The molecular weight excluding hydrogens is 382 g/mol. The molecule has 0 aliphatic carbocycles. The number of ether oxygens (including phenoxy) is 4. The molecule has 9 nitrogen and oxygen atoms in total. The smallest absolute Gasteiger partial charge is 0.411 e. The van der Waals surface area contributed by atoms with Gasteiger partial charge in [0.15, 0.2) is 12.2 Å². The van der Waals surface area contributed by atoms with E-state index in [-0.39, 0.29) is 19.7 Å². The minimum absolute atomic E-state index is 0.00168. The Morgan fingerprint density at radius 1 is 1.03 bits per heavy atom. The van der Waals surface area contributed by atoms with E-state index in [1.165, 1.54) is 37.8 Å². The molecule has 0 unspecified atom stereocenters. The van der Waals surface area contributed by atoms with Gasteiger partial charge in [-0.2, -0.15) is 0 Å². The highest BCUT2D eigenvalue weighted by molar-refractivity contribution is 5.69. The van der Waals surface area contributed by atoms with E-state index < -0.39 is 41.8 Å². The third kappa shape index (κ3) is 12.9. The van der Waals surface area contributed by atoms with E-state index in [1.54, 1.807) is 20.8 Å². The maximum absolute atomic E-state index is 12.2. The van der Waals surface area contributed by atoms with Crippen molar-refractivity contribution in [1.29, 1.82) is 0 Å². The van der Waals surface area contributed by atoms with Gasteiger partial charge in [-0.05, 0) is 26.8 Å². The maximum Gasteiger partial charge on any atom is 0.411 e. The summed E-state index contributed by atoms with van der Waals surface area (Å²) < 4.78 is 20.4. The Kier molecular flexibility index (Phi) is 11.1. The van der Waals surface area contributed by atoms with Crippen molar-refractivity contribution in [2.24, 2.45) is 0 Å². The highest BCUT2D eigenvalue weighted by Crippen LogP contribution is 2.12. The SMILES string of the molecule is C#CCN(C/C=C/[C@H](OC(C)=O)[C@@H](COC(C)=O)OC(C)=O)C(=O)OC(C)(C)C. The molecule has 0 aromatic heterocycles. The highest BCUT2D eigenvalue weighted by atomic mass is 16.6.